The Morgan fingerprint density at radius 3 is 2.88 bits per heavy atom. The number of benzene rings is 1. The number of likely N-dealkylation sites (tertiary alicyclic amines) is 1. The van der Waals surface area contributed by atoms with E-state index in [4.69, 9.17) is 18.0 Å². The lowest BCUT2D eigenvalue weighted by Crippen LogP contribution is -2.48. The van der Waals surface area contributed by atoms with Crippen LogP contribution in [-0.2, 0) is 6.54 Å². The summed E-state index contributed by atoms with van der Waals surface area (Å²) in [6.07, 6.45) is 2.36. The number of hydrogen-bond donors (Lipinski definition) is 2. The van der Waals surface area contributed by atoms with Gasteiger partial charge in [0.05, 0.1) is 0 Å². The van der Waals surface area contributed by atoms with Crippen LogP contribution in [0.1, 0.15) is 18.4 Å². The van der Waals surface area contributed by atoms with E-state index in [0.29, 0.717) is 11.2 Å². The number of hydrogen-bond acceptors (Lipinski definition) is 2. The molecule has 1 fully saturated rings. The standard InChI is InChI=1S/C13H19N3S/c14-13(17)15-12-7-4-8-16(10-12)9-11-5-2-1-3-6-11/h1-3,5-6,12H,4,7-10H2,(H3,14,15,17). The summed E-state index contributed by atoms with van der Waals surface area (Å²) in [6, 6.07) is 11.0. The first-order valence-electron chi connectivity index (χ1n) is 6.06. The molecule has 1 aromatic rings. The highest BCUT2D eigenvalue weighted by molar-refractivity contribution is 7.80. The smallest absolute Gasteiger partial charge is 0.163 e. The Hall–Kier alpha value is -1.13. The van der Waals surface area contributed by atoms with Crippen LogP contribution in [0.4, 0.5) is 0 Å². The maximum absolute atomic E-state index is 5.52. The molecule has 1 saturated heterocycles. The van der Waals surface area contributed by atoms with Crippen molar-refractivity contribution in [2.24, 2.45) is 5.73 Å². The minimum Gasteiger partial charge on any atom is -0.376 e. The van der Waals surface area contributed by atoms with Crippen molar-refractivity contribution in [1.29, 1.82) is 0 Å². The Morgan fingerprint density at radius 1 is 1.41 bits per heavy atom. The number of nitrogens with zero attached hydrogens (tertiary/aromatic N) is 1. The van der Waals surface area contributed by atoms with Gasteiger partial charge in [-0.1, -0.05) is 30.3 Å². The lowest BCUT2D eigenvalue weighted by atomic mass is 10.0. The van der Waals surface area contributed by atoms with Crippen molar-refractivity contribution in [3.8, 4) is 0 Å². The molecule has 1 aromatic carbocycles. The van der Waals surface area contributed by atoms with Gasteiger partial charge in [-0.05, 0) is 37.2 Å². The van der Waals surface area contributed by atoms with Crippen molar-refractivity contribution in [2.75, 3.05) is 13.1 Å². The molecule has 0 bridgehead atoms. The summed E-state index contributed by atoms with van der Waals surface area (Å²) in [4.78, 5) is 2.45. The van der Waals surface area contributed by atoms with E-state index in [-0.39, 0.29) is 0 Å². The van der Waals surface area contributed by atoms with Crippen LogP contribution in [0.5, 0.6) is 0 Å². The monoisotopic (exact) mass is 249 g/mol. The molecule has 0 amide bonds. The summed E-state index contributed by atoms with van der Waals surface area (Å²) in [5, 5.41) is 3.58. The van der Waals surface area contributed by atoms with Crippen LogP contribution < -0.4 is 11.1 Å². The molecule has 3 nitrogen and oxygen atoms in total. The summed E-state index contributed by atoms with van der Waals surface area (Å²) < 4.78 is 0. The Bertz CT molecular complexity index is 366. The summed E-state index contributed by atoms with van der Waals surface area (Å²) >= 11 is 4.89. The first-order chi connectivity index (χ1) is 8.24. The second-order valence-corrected chi connectivity index (χ2v) is 5.01. The van der Waals surface area contributed by atoms with Crippen molar-refractivity contribution < 1.29 is 0 Å². The van der Waals surface area contributed by atoms with E-state index in [2.05, 4.69) is 40.5 Å². The average molecular weight is 249 g/mol. The predicted octanol–water partition coefficient (Wildman–Crippen LogP) is 1.48. The third-order valence-corrected chi connectivity index (χ3v) is 3.22. The van der Waals surface area contributed by atoms with Gasteiger partial charge in [-0.15, -0.1) is 0 Å². The minimum absolute atomic E-state index is 0.407. The highest BCUT2D eigenvalue weighted by Crippen LogP contribution is 2.13. The molecule has 0 saturated carbocycles. The maximum Gasteiger partial charge on any atom is 0.163 e. The lowest BCUT2D eigenvalue weighted by Gasteiger charge is -2.33. The van der Waals surface area contributed by atoms with Crippen LogP contribution in [0, 0.1) is 0 Å². The third-order valence-electron chi connectivity index (χ3n) is 3.10. The Kier molecular flexibility index (Phi) is 4.34. The van der Waals surface area contributed by atoms with Gasteiger partial charge in [-0.2, -0.15) is 0 Å². The first kappa shape index (κ1) is 12.3. The van der Waals surface area contributed by atoms with Crippen LogP contribution in [0.3, 0.4) is 0 Å². The Balaban J connectivity index is 1.87. The quantitative estimate of drug-likeness (QED) is 0.796. The van der Waals surface area contributed by atoms with Crippen LogP contribution in [0.15, 0.2) is 30.3 Å². The predicted molar refractivity (Wildman–Crippen MR) is 74.7 cm³/mol. The van der Waals surface area contributed by atoms with Crippen molar-refractivity contribution in [2.45, 2.75) is 25.4 Å². The summed E-state index contributed by atoms with van der Waals surface area (Å²) in [5.74, 6) is 0. The number of nitrogens with one attached hydrogen (secondary N) is 1. The van der Waals surface area contributed by atoms with Crippen molar-refractivity contribution in [3.05, 3.63) is 35.9 Å². The number of nitrogens with two attached hydrogens (primary N) is 1. The SMILES string of the molecule is NC(=S)NC1CCCN(Cc2ccccc2)C1. The van der Waals surface area contributed by atoms with E-state index >= 15 is 0 Å². The molecular weight excluding hydrogens is 230 g/mol. The molecule has 0 spiro atoms. The molecule has 1 aliphatic heterocycles. The van der Waals surface area contributed by atoms with E-state index in [1.165, 1.54) is 12.0 Å². The fourth-order valence-electron chi connectivity index (χ4n) is 2.36. The molecule has 1 atom stereocenters. The fraction of sp³-hybridized carbons (Fsp3) is 0.462. The van der Waals surface area contributed by atoms with E-state index in [9.17, 15) is 0 Å². The van der Waals surface area contributed by atoms with Gasteiger partial charge in [-0.25, -0.2) is 0 Å². The van der Waals surface area contributed by atoms with Crippen molar-refractivity contribution in [3.63, 3.8) is 0 Å². The van der Waals surface area contributed by atoms with Crippen LogP contribution in [0.2, 0.25) is 0 Å². The molecule has 4 heteroatoms. The van der Waals surface area contributed by atoms with E-state index in [0.717, 1.165) is 26.1 Å². The molecule has 0 radical (unpaired) electrons. The minimum atomic E-state index is 0.407. The van der Waals surface area contributed by atoms with E-state index < -0.39 is 0 Å². The Labute approximate surface area is 108 Å². The molecule has 0 aromatic heterocycles. The molecule has 0 aliphatic carbocycles. The van der Waals surface area contributed by atoms with Gasteiger partial charge in [0.25, 0.3) is 0 Å². The van der Waals surface area contributed by atoms with E-state index in [1.54, 1.807) is 0 Å². The van der Waals surface area contributed by atoms with Crippen LogP contribution >= 0.6 is 12.2 Å². The molecule has 17 heavy (non-hydrogen) atoms. The highest BCUT2D eigenvalue weighted by atomic mass is 32.1. The van der Waals surface area contributed by atoms with Gasteiger partial charge in [-0.3, -0.25) is 4.90 Å². The largest absolute Gasteiger partial charge is 0.376 e. The van der Waals surface area contributed by atoms with Gasteiger partial charge in [0.2, 0.25) is 0 Å². The summed E-state index contributed by atoms with van der Waals surface area (Å²) in [5.41, 5.74) is 6.89. The molecular formula is C13H19N3S. The third kappa shape index (κ3) is 3.98. The summed E-state index contributed by atoms with van der Waals surface area (Å²) in [6.45, 7) is 3.19. The first-order valence-corrected chi connectivity index (χ1v) is 6.47. The normalized spacial score (nSPS) is 21.1. The topological polar surface area (TPSA) is 41.3 Å². The van der Waals surface area contributed by atoms with Gasteiger partial charge in [0.15, 0.2) is 5.11 Å². The second-order valence-electron chi connectivity index (χ2n) is 4.57. The maximum atomic E-state index is 5.52. The summed E-state index contributed by atoms with van der Waals surface area (Å²) in [7, 11) is 0. The molecule has 92 valence electrons. The van der Waals surface area contributed by atoms with E-state index in [1.807, 2.05) is 0 Å². The van der Waals surface area contributed by atoms with Gasteiger partial charge in [0, 0.05) is 19.1 Å². The highest BCUT2D eigenvalue weighted by Gasteiger charge is 2.19. The fourth-order valence-corrected chi connectivity index (χ4v) is 2.53. The zero-order valence-electron chi connectivity index (χ0n) is 9.93. The van der Waals surface area contributed by atoms with Crippen molar-refractivity contribution >= 4 is 17.3 Å². The van der Waals surface area contributed by atoms with Crippen LogP contribution in [0.25, 0.3) is 0 Å². The second kappa shape index (κ2) is 5.98. The molecule has 1 aliphatic rings. The number of rotatable bonds is 3. The van der Waals surface area contributed by atoms with Gasteiger partial charge < -0.3 is 11.1 Å². The average Bonchev–Trinajstić information content (AvgIpc) is 2.30. The van der Waals surface area contributed by atoms with Crippen molar-refractivity contribution in [1.82, 2.24) is 10.2 Å². The molecule has 1 unspecified atom stereocenters. The zero-order valence-corrected chi connectivity index (χ0v) is 10.7. The van der Waals surface area contributed by atoms with Gasteiger partial charge >= 0.3 is 0 Å². The molecule has 2 rings (SSSR count). The van der Waals surface area contributed by atoms with Crippen LogP contribution in [-0.4, -0.2) is 29.1 Å². The molecule has 1 heterocycles. The Morgan fingerprint density at radius 2 is 2.18 bits per heavy atom. The van der Waals surface area contributed by atoms with Gasteiger partial charge in [0.1, 0.15) is 0 Å². The molecule has 3 N–H and O–H groups in total. The number of piperidine rings is 1. The zero-order chi connectivity index (χ0) is 12.1. The lowest BCUT2D eigenvalue weighted by molar-refractivity contribution is 0.193. The number of thiocarbonyl (C=S) groups is 1.